The van der Waals surface area contributed by atoms with Gasteiger partial charge in [0.1, 0.15) is 0 Å². The lowest BCUT2D eigenvalue weighted by molar-refractivity contribution is -0.131. The Balaban J connectivity index is 2.24. The molecule has 0 aliphatic carbocycles. The van der Waals surface area contributed by atoms with Gasteiger partial charge in [-0.05, 0) is 31.0 Å². The third-order valence-corrected chi connectivity index (χ3v) is 3.64. The second kappa shape index (κ2) is 6.25. The molecule has 1 amide bonds. The summed E-state index contributed by atoms with van der Waals surface area (Å²) in [6.45, 7) is 1.20. The molecule has 1 aromatic carbocycles. The average Bonchev–Trinajstić information content (AvgIpc) is 2.92. The van der Waals surface area contributed by atoms with Crippen LogP contribution in [0.1, 0.15) is 23.2 Å². The predicted octanol–water partition coefficient (Wildman–Crippen LogP) is 2.94. The number of ketones is 1. The van der Waals surface area contributed by atoms with Crippen molar-refractivity contribution in [1.29, 1.82) is 5.26 Å². The summed E-state index contributed by atoms with van der Waals surface area (Å²) in [5, 5.41) is 9.74. The molecule has 0 N–H and O–H groups in total. The van der Waals surface area contributed by atoms with Gasteiger partial charge in [0, 0.05) is 28.7 Å². The van der Waals surface area contributed by atoms with Crippen molar-refractivity contribution in [2.24, 2.45) is 5.92 Å². The summed E-state index contributed by atoms with van der Waals surface area (Å²) in [6, 6.07) is 6.11. The van der Waals surface area contributed by atoms with Crippen LogP contribution in [-0.2, 0) is 4.79 Å². The Bertz CT molecular complexity index is 569. The molecule has 4 nitrogen and oxygen atoms in total. The molecule has 1 unspecified atom stereocenters. The molecule has 20 heavy (non-hydrogen) atoms. The monoisotopic (exact) mass is 310 g/mol. The number of carbonyl (C=O) groups excluding carboxylic acids is 2. The fraction of sp³-hybridized carbons (Fsp3) is 0.357. The Hall–Kier alpha value is -1.57. The van der Waals surface area contributed by atoms with Crippen LogP contribution in [0.2, 0.25) is 10.0 Å². The van der Waals surface area contributed by atoms with Crippen molar-refractivity contribution in [1.82, 2.24) is 4.90 Å². The lowest BCUT2D eigenvalue weighted by Crippen LogP contribution is -2.37. The fourth-order valence-corrected chi connectivity index (χ4v) is 2.73. The number of Topliss-reactive ketones (excluding diaryl/α,β-unsaturated/α-hetero) is 1. The maximum absolute atomic E-state index is 12.3. The van der Waals surface area contributed by atoms with E-state index in [0.29, 0.717) is 23.1 Å². The number of hydrogen-bond acceptors (Lipinski definition) is 3. The molecule has 104 valence electrons. The van der Waals surface area contributed by atoms with Gasteiger partial charge < -0.3 is 4.90 Å². The van der Waals surface area contributed by atoms with Crippen LogP contribution in [0.25, 0.3) is 0 Å². The van der Waals surface area contributed by atoms with E-state index < -0.39 is 17.6 Å². The zero-order chi connectivity index (χ0) is 14.7. The van der Waals surface area contributed by atoms with E-state index >= 15 is 0 Å². The number of carbonyl (C=O) groups is 2. The number of likely N-dealkylation sites (tertiary alicyclic amines) is 1. The third-order valence-electron chi connectivity index (χ3n) is 3.20. The Morgan fingerprint density at radius 3 is 2.20 bits per heavy atom. The average molecular weight is 311 g/mol. The zero-order valence-corrected chi connectivity index (χ0v) is 12.1. The molecule has 1 fully saturated rings. The van der Waals surface area contributed by atoms with Gasteiger partial charge in [0.15, 0.2) is 11.7 Å². The molecule has 1 heterocycles. The molecule has 1 atom stereocenters. The summed E-state index contributed by atoms with van der Waals surface area (Å²) < 4.78 is 0. The maximum Gasteiger partial charge on any atom is 0.247 e. The fourth-order valence-electron chi connectivity index (χ4n) is 2.21. The Morgan fingerprint density at radius 2 is 1.70 bits per heavy atom. The first-order chi connectivity index (χ1) is 9.52. The van der Waals surface area contributed by atoms with E-state index in [1.807, 2.05) is 0 Å². The van der Waals surface area contributed by atoms with Crippen LogP contribution in [0.3, 0.4) is 0 Å². The topological polar surface area (TPSA) is 61.2 Å². The molecule has 1 saturated heterocycles. The minimum Gasteiger partial charge on any atom is -0.341 e. The molecule has 1 aromatic rings. The summed E-state index contributed by atoms with van der Waals surface area (Å²) in [4.78, 5) is 26.0. The summed E-state index contributed by atoms with van der Waals surface area (Å²) in [5.74, 6) is -2.33. The molecule has 6 heteroatoms. The van der Waals surface area contributed by atoms with Gasteiger partial charge in [-0.3, -0.25) is 9.59 Å². The minimum atomic E-state index is -1.33. The first-order valence-electron chi connectivity index (χ1n) is 6.21. The summed E-state index contributed by atoms with van der Waals surface area (Å²) >= 11 is 11.7. The maximum atomic E-state index is 12.3. The molecule has 1 aliphatic rings. The van der Waals surface area contributed by atoms with Crippen LogP contribution < -0.4 is 0 Å². The lowest BCUT2D eigenvalue weighted by atomic mass is 9.97. The number of benzene rings is 1. The number of rotatable bonds is 3. The van der Waals surface area contributed by atoms with Crippen molar-refractivity contribution < 1.29 is 9.59 Å². The van der Waals surface area contributed by atoms with Gasteiger partial charge in [0.05, 0.1) is 6.07 Å². The molecular weight excluding hydrogens is 299 g/mol. The van der Waals surface area contributed by atoms with Crippen molar-refractivity contribution in [2.45, 2.75) is 12.8 Å². The van der Waals surface area contributed by atoms with Crippen molar-refractivity contribution in [2.75, 3.05) is 13.1 Å². The highest BCUT2D eigenvalue weighted by Gasteiger charge is 2.32. The lowest BCUT2D eigenvalue weighted by Gasteiger charge is -2.18. The summed E-state index contributed by atoms with van der Waals surface area (Å²) in [5.41, 5.74) is 0.182. The zero-order valence-electron chi connectivity index (χ0n) is 10.6. The van der Waals surface area contributed by atoms with Crippen LogP contribution >= 0.6 is 23.2 Å². The molecular formula is C14H12Cl2N2O2. The normalized spacial score (nSPS) is 15.8. The number of halogens is 2. The Morgan fingerprint density at radius 1 is 1.15 bits per heavy atom. The third kappa shape index (κ3) is 3.12. The molecule has 1 aliphatic heterocycles. The first kappa shape index (κ1) is 14.8. The van der Waals surface area contributed by atoms with E-state index in [9.17, 15) is 9.59 Å². The van der Waals surface area contributed by atoms with Crippen LogP contribution in [0.15, 0.2) is 18.2 Å². The van der Waals surface area contributed by atoms with Gasteiger partial charge in [0.2, 0.25) is 5.91 Å². The van der Waals surface area contributed by atoms with Gasteiger partial charge >= 0.3 is 0 Å². The quantitative estimate of drug-likeness (QED) is 0.637. The molecule has 0 bridgehead atoms. The second-order valence-electron chi connectivity index (χ2n) is 4.62. The number of amides is 1. The smallest absolute Gasteiger partial charge is 0.247 e. The highest BCUT2D eigenvalue weighted by molar-refractivity contribution is 6.35. The molecule has 0 radical (unpaired) electrons. The minimum absolute atomic E-state index is 0.182. The van der Waals surface area contributed by atoms with Crippen LogP contribution in [-0.4, -0.2) is 29.7 Å². The largest absolute Gasteiger partial charge is 0.341 e. The van der Waals surface area contributed by atoms with Crippen LogP contribution in [0.5, 0.6) is 0 Å². The van der Waals surface area contributed by atoms with Gasteiger partial charge in [-0.1, -0.05) is 23.2 Å². The molecule has 0 spiro atoms. The van der Waals surface area contributed by atoms with Gasteiger partial charge in [-0.25, -0.2) is 0 Å². The highest BCUT2D eigenvalue weighted by Crippen LogP contribution is 2.22. The van der Waals surface area contributed by atoms with E-state index in [1.54, 1.807) is 11.0 Å². The first-order valence-corrected chi connectivity index (χ1v) is 6.97. The van der Waals surface area contributed by atoms with Crippen molar-refractivity contribution in [3.63, 3.8) is 0 Å². The van der Waals surface area contributed by atoms with Crippen LogP contribution in [0, 0.1) is 17.2 Å². The van der Waals surface area contributed by atoms with E-state index in [-0.39, 0.29) is 5.56 Å². The summed E-state index contributed by atoms with van der Waals surface area (Å²) in [6.07, 6.45) is 1.81. The van der Waals surface area contributed by atoms with Gasteiger partial charge in [-0.2, -0.15) is 5.26 Å². The SMILES string of the molecule is N#CC(C(=O)c1cc(Cl)cc(Cl)c1)C(=O)N1CCCC1. The van der Waals surface area contributed by atoms with E-state index in [1.165, 1.54) is 18.2 Å². The Kier molecular flexibility index (Phi) is 4.64. The van der Waals surface area contributed by atoms with Crippen LogP contribution in [0.4, 0.5) is 0 Å². The highest BCUT2D eigenvalue weighted by atomic mass is 35.5. The number of hydrogen-bond donors (Lipinski definition) is 0. The predicted molar refractivity (Wildman–Crippen MR) is 75.7 cm³/mol. The second-order valence-corrected chi connectivity index (χ2v) is 5.49. The number of nitriles is 1. The van der Waals surface area contributed by atoms with Crippen molar-refractivity contribution in [3.05, 3.63) is 33.8 Å². The van der Waals surface area contributed by atoms with Crippen molar-refractivity contribution in [3.8, 4) is 6.07 Å². The summed E-state index contributed by atoms with van der Waals surface area (Å²) in [7, 11) is 0. The number of nitrogens with zero attached hydrogens (tertiary/aromatic N) is 2. The molecule has 0 aromatic heterocycles. The van der Waals surface area contributed by atoms with Crippen molar-refractivity contribution >= 4 is 34.9 Å². The standard InChI is InChI=1S/C14H12Cl2N2O2/c15-10-5-9(6-11(16)7-10)13(19)12(8-17)14(20)18-3-1-2-4-18/h5-7,12H,1-4H2. The van der Waals surface area contributed by atoms with E-state index in [2.05, 4.69) is 0 Å². The molecule has 2 rings (SSSR count). The van der Waals surface area contributed by atoms with Gasteiger partial charge in [-0.15, -0.1) is 0 Å². The van der Waals surface area contributed by atoms with E-state index in [4.69, 9.17) is 28.5 Å². The van der Waals surface area contributed by atoms with Gasteiger partial charge in [0.25, 0.3) is 0 Å². The van der Waals surface area contributed by atoms with E-state index in [0.717, 1.165) is 12.8 Å². The molecule has 0 saturated carbocycles. The Labute approximate surface area is 126 Å².